The number of carbonyl (C=O) groups is 1. The third-order valence-corrected chi connectivity index (χ3v) is 5.44. The maximum atomic E-state index is 14.6. The summed E-state index contributed by atoms with van der Waals surface area (Å²) in [7, 11) is 0. The fourth-order valence-electron chi connectivity index (χ4n) is 3.16. The summed E-state index contributed by atoms with van der Waals surface area (Å²) in [5, 5.41) is 3.07. The van der Waals surface area contributed by atoms with Crippen molar-refractivity contribution in [3.05, 3.63) is 42.4 Å². The van der Waals surface area contributed by atoms with Gasteiger partial charge in [-0.3, -0.25) is 4.90 Å². The molecule has 1 atom stereocenters. The molecule has 0 bridgehead atoms. The van der Waals surface area contributed by atoms with Crippen LogP contribution >= 0.6 is 11.8 Å². The number of hydrogen-bond donors (Lipinski definition) is 1. The van der Waals surface area contributed by atoms with Crippen LogP contribution in [0.1, 0.15) is 0 Å². The first-order chi connectivity index (χ1) is 12.7. The van der Waals surface area contributed by atoms with Crippen molar-refractivity contribution in [3.63, 3.8) is 0 Å². The number of ether oxygens (including phenoxy) is 1. The first kappa shape index (κ1) is 17.1. The topological polar surface area (TPSA) is 58.0 Å². The molecule has 2 aromatic rings. The van der Waals surface area contributed by atoms with E-state index in [1.54, 1.807) is 30.5 Å². The lowest BCUT2D eigenvalue weighted by molar-refractivity contribution is 0.146. The van der Waals surface area contributed by atoms with Crippen LogP contribution in [-0.4, -0.2) is 49.9 Å². The highest BCUT2D eigenvalue weighted by atomic mass is 32.2. The van der Waals surface area contributed by atoms with Crippen molar-refractivity contribution >= 4 is 35.1 Å². The predicted molar refractivity (Wildman–Crippen MR) is 101 cm³/mol. The van der Waals surface area contributed by atoms with Crippen LogP contribution in [0.4, 0.5) is 26.4 Å². The van der Waals surface area contributed by atoms with Crippen LogP contribution < -0.4 is 15.1 Å². The van der Waals surface area contributed by atoms with E-state index in [0.29, 0.717) is 30.3 Å². The molecular weight excluding hydrogens is 357 g/mol. The number of carbonyl (C=O) groups excluding carboxylic acids is 1. The number of anilines is 3. The largest absolute Gasteiger partial charge is 0.449 e. The molecule has 26 heavy (non-hydrogen) atoms. The van der Waals surface area contributed by atoms with Gasteiger partial charge >= 0.3 is 6.09 Å². The van der Waals surface area contributed by atoms with Gasteiger partial charge in [-0.15, -0.1) is 0 Å². The molecule has 138 valence electrons. The Morgan fingerprint density at radius 2 is 2.12 bits per heavy atom. The fraction of sp³-hybridized carbons (Fsp3) is 0.389. The van der Waals surface area contributed by atoms with Crippen molar-refractivity contribution in [3.8, 4) is 0 Å². The van der Waals surface area contributed by atoms with Crippen molar-refractivity contribution in [1.82, 2.24) is 0 Å². The Hall–Kier alpha value is -2.35. The van der Waals surface area contributed by atoms with Crippen LogP contribution in [0.15, 0.2) is 41.0 Å². The molecule has 4 rings (SSSR count). The highest BCUT2D eigenvalue weighted by Crippen LogP contribution is 2.29. The third kappa shape index (κ3) is 3.60. The molecule has 0 radical (unpaired) electrons. The smallest absolute Gasteiger partial charge is 0.414 e. The van der Waals surface area contributed by atoms with Crippen LogP contribution in [0.2, 0.25) is 0 Å². The van der Waals surface area contributed by atoms with Gasteiger partial charge < -0.3 is 19.4 Å². The summed E-state index contributed by atoms with van der Waals surface area (Å²) >= 11 is 1.88. The minimum Gasteiger partial charge on any atom is -0.449 e. The van der Waals surface area contributed by atoms with E-state index >= 15 is 0 Å². The van der Waals surface area contributed by atoms with Crippen LogP contribution in [0.5, 0.6) is 0 Å². The number of benzene rings is 1. The van der Waals surface area contributed by atoms with Gasteiger partial charge in [-0.1, -0.05) is 0 Å². The standard InChI is InChI=1S/C18H20FN3O3S/c19-15-10-13(3-4-16(15)21-5-8-26-9-6-21)22-12-14(25-18(22)23)11-20-17-2-1-7-24-17/h1-4,7,10,14,20H,5-6,8-9,11-12H2/t14-/m0/s1. The van der Waals surface area contributed by atoms with E-state index in [0.717, 1.165) is 24.6 Å². The Kier molecular flexibility index (Phi) is 4.92. The summed E-state index contributed by atoms with van der Waals surface area (Å²) in [6.07, 6.45) is 0.785. The molecule has 1 N–H and O–H groups in total. The molecule has 0 saturated carbocycles. The van der Waals surface area contributed by atoms with Crippen molar-refractivity contribution in [2.75, 3.05) is 52.8 Å². The quantitative estimate of drug-likeness (QED) is 0.862. The lowest BCUT2D eigenvalue weighted by Gasteiger charge is -2.29. The average molecular weight is 377 g/mol. The Morgan fingerprint density at radius 3 is 2.85 bits per heavy atom. The number of halogens is 1. The summed E-state index contributed by atoms with van der Waals surface area (Å²) in [4.78, 5) is 15.7. The Balaban J connectivity index is 1.41. The SMILES string of the molecule is O=C1O[C@@H](CNc2ccco2)CN1c1ccc(N2CCSCC2)c(F)c1. The average Bonchev–Trinajstić information content (AvgIpc) is 3.30. The number of amides is 1. The van der Waals surface area contributed by atoms with E-state index in [-0.39, 0.29) is 11.9 Å². The van der Waals surface area contributed by atoms with Gasteiger partial charge in [0.2, 0.25) is 0 Å². The maximum absolute atomic E-state index is 14.6. The Bertz CT molecular complexity index is 765. The molecule has 2 aliphatic rings. The zero-order valence-electron chi connectivity index (χ0n) is 14.2. The van der Waals surface area contributed by atoms with Crippen LogP contribution in [-0.2, 0) is 4.74 Å². The van der Waals surface area contributed by atoms with Gasteiger partial charge in [0.25, 0.3) is 0 Å². The lowest BCUT2D eigenvalue weighted by atomic mass is 10.2. The Morgan fingerprint density at radius 1 is 1.27 bits per heavy atom. The Labute approximate surface area is 155 Å². The minimum absolute atomic E-state index is 0.306. The van der Waals surface area contributed by atoms with Gasteiger partial charge in [0.05, 0.1) is 30.7 Å². The van der Waals surface area contributed by atoms with E-state index in [1.165, 1.54) is 11.0 Å². The highest BCUT2D eigenvalue weighted by molar-refractivity contribution is 7.99. The molecule has 1 amide bonds. The van der Waals surface area contributed by atoms with Gasteiger partial charge in [0.1, 0.15) is 11.9 Å². The van der Waals surface area contributed by atoms with Crippen molar-refractivity contribution < 1.29 is 18.3 Å². The molecule has 0 spiro atoms. The highest BCUT2D eigenvalue weighted by Gasteiger charge is 2.33. The fourth-order valence-corrected chi connectivity index (χ4v) is 4.06. The van der Waals surface area contributed by atoms with E-state index in [1.807, 2.05) is 16.7 Å². The molecule has 0 unspecified atom stereocenters. The van der Waals surface area contributed by atoms with Crippen LogP contribution in [0.3, 0.4) is 0 Å². The van der Waals surface area contributed by atoms with Crippen molar-refractivity contribution in [2.24, 2.45) is 0 Å². The second kappa shape index (κ2) is 7.49. The molecular formula is C18H20FN3O3S. The zero-order valence-corrected chi connectivity index (χ0v) is 15.0. The summed E-state index contributed by atoms with van der Waals surface area (Å²) in [5.41, 5.74) is 1.11. The molecule has 3 heterocycles. The summed E-state index contributed by atoms with van der Waals surface area (Å²) < 4.78 is 25.2. The molecule has 2 aliphatic heterocycles. The van der Waals surface area contributed by atoms with Gasteiger partial charge in [0, 0.05) is 30.7 Å². The van der Waals surface area contributed by atoms with Gasteiger partial charge in [0.15, 0.2) is 5.88 Å². The number of rotatable bonds is 5. The second-order valence-electron chi connectivity index (χ2n) is 6.21. The van der Waals surface area contributed by atoms with E-state index in [4.69, 9.17) is 9.15 Å². The van der Waals surface area contributed by atoms with E-state index in [9.17, 15) is 9.18 Å². The number of hydrogen-bond acceptors (Lipinski definition) is 6. The minimum atomic E-state index is -0.460. The van der Waals surface area contributed by atoms with Gasteiger partial charge in [-0.05, 0) is 24.3 Å². The molecule has 2 fully saturated rings. The second-order valence-corrected chi connectivity index (χ2v) is 7.43. The predicted octanol–water partition coefficient (Wildman–Crippen LogP) is 3.41. The number of cyclic esters (lactones) is 1. The van der Waals surface area contributed by atoms with Crippen LogP contribution in [0, 0.1) is 5.82 Å². The van der Waals surface area contributed by atoms with Gasteiger partial charge in [-0.2, -0.15) is 11.8 Å². The normalized spacial score (nSPS) is 20.3. The number of nitrogens with zero attached hydrogens (tertiary/aromatic N) is 2. The summed E-state index contributed by atoms with van der Waals surface area (Å²) in [6, 6.07) is 8.52. The molecule has 1 aromatic heterocycles. The molecule has 2 saturated heterocycles. The first-order valence-corrected chi connectivity index (χ1v) is 9.74. The van der Waals surface area contributed by atoms with Crippen molar-refractivity contribution in [1.29, 1.82) is 0 Å². The summed E-state index contributed by atoms with van der Waals surface area (Å²) in [6.45, 7) is 2.48. The monoisotopic (exact) mass is 377 g/mol. The van der Waals surface area contributed by atoms with Crippen molar-refractivity contribution in [2.45, 2.75) is 6.10 Å². The number of thioether (sulfide) groups is 1. The molecule has 6 nitrogen and oxygen atoms in total. The maximum Gasteiger partial charge on any atom is 0.414 e. The van der Waals surface area contributed by atoms with E-state index in [2.05, 4.69) is 5.32 Å². The third-order valence-electron chi connectivity index (χ3n) is 4.49. The van der Waals surface area contributed by atoms with Gasteiger partial charge in [-0.25, -0.2) is 9.18 Å². The first-order valence-electron chi connectivity index (χ1n) is 8.58. The zero-order chi connectivity index (χ0) is 17.9. The lowest BCUT2D eigenvalue weighted by Crippen LogP contribution is -2.33. The number of furan rings is 1. The number of nitrogens with one attached hydrogen (secondary N) is 1. The van der Waals surface area contributed by atoms with E-state index < -0.39 is 6.09 Å². The molecule has 1 aromatic carbocycles. The summed E-state index contributed by atoms with van der Waals surface area (Å²) in [5.74, 6) is 2.32. The molecule has 0 aliphatic carbocycles. The van der Waals surface area contributed by atoms with Crippen LogP contribution in [0.25, 0.3) is 0 Å². The molecule has 8 heteroatoms.